The molecule has 0 atom stereocenters. The Labute approximate surface area is 104 Å². The zero-order chi connectivity index (χ0) is 14.0. The van der Waals surface area contributed by atoms with E-state index in [0.717, 1.165) is 0 Å². The molecule has 0 radical (unpaired) electrons. The third-order valence-corrected chi connectivity index (χ3v) is 2.16. The van der Waals surface area contributed by atoms with Crippen LogP contribution in [0.1, 0.15) is 12.8 Å². The van der Waals surface area contributed by atoms with Crippen LogP contribution in [-0.2, 0) is 14.4 Å². The van der Waals surface area contributed by atoms with E-state index in [4.69, 9.17) is 15.3 Å². The molecule has 18 heavy (non-hydrogen) atoms. The number of aliphatic carboxylic acids is 3. The van der Waals surface area contributed by atoms with Crippen LogP contribution in [0, 0.1) is 0 Å². The van der Waals surface area contributed by atoms with Crippen LogP contribution in [-0.4, -0.2) is 70.9 Å². The number of rotatable bonds is 11. The Morgan fingerprint density at radius 1 is 0.833 bits per heavy atom. The molecule has 0 saturated carbocycles. The zero-order valence-corrected chi connectivity index (χ0v) is 9.96. The molecule has 4 N–H and O–H groups in total. The normalized spacial score (nSPS) is 10.5. The average molecular weight is 262 g/mol. The highest BCUT2D eigenvalue weighted by molar-refractivity contribution is 5.69. The molecule has 0 aliphatic rings. The number of hydrogen-bond acceptors (Lipinski definition) is 5. The maximum Gasteiger partial charge on any atom is 0.317 e. The number of hydrogen-bond donors (Lipinski definition) is 4. The van der Waals surface area contributed by atoms with Crippen LogP contribution in [0.4, 0.5) is 0 Å². The molecule has 0 aromatic carbocycles. The summed E-state index contributed by atoms with van der Waals surface area (Å²) in [6.45, 7) is 1.10. The molecule has 0 aliphatic heterocycles. The fourth-order valence-corrected chi connectivity index (χ4v) is 1.28. The Balaban J connectivity index is 3.91. The lowest BCUT2D eigenvalue weighted by Gasteiger charge is -2.20. The Hall–Kier alpha value is -1.67. The Bertz CT molecular complexity index is 276. The Morgan fingerprint density at radius 2 is 1.33 bits per heavy atom. The van der Waals surface area contributed by atoms with Gasteiger partial charge in [-0.05, 0) is 0 Å². The van der Waals surface area contributed by atoms with Gasteiger partial charge in [-0.1, -0.05) is 0 Å². The standard InChI is InChI=1S/C10H18N2O6/c13-8(14)1-4-12(5-2-9(15)16)6-3-11-7-10(17)18/h11H,1-7H2,(H,13,14)(H,15,16)(H,17,18). The summed E-state index contributed by atoms with van der Waals surface area (Å²) < 4.78 is 0. The van der Waals surface area contributed by atoms with Gasteiger partial charge in [0.15, 0.2) is 0 Å². The summed E-state index contributed by atoms with van der Waals surface area (Å²) in [5, 5.41) is 28.1. The summed E-state index contributed by atoms with van der Waals surface area (Å²) in [6.07, 6.45) is -0.142. The summed E-state index contributed by atoms with van der Waals surface area (Å²) in [6, 6.07) is 0. The Morgan fingerprint density at radius 3 is 1.72 bits per heavy atom. The van der Waals surface area contributed by atoms with Gasteiger partial charge in [0, 0.05) is 26.2 Å². The van der Waals surface area contributed by atoms with Crippen LogP contribution >= 0.6 is 0 Å². The van der Waals surface area contributed by atoms with Crippen molar-refractivity contribution in [3.63, 3.8) is 0 Å². The lowest BCUT2D eigenvalue weighted by Crippen LogP contribution is -2.36. The summed E-state index contributed by atoms with van der Waals surface area (Å²) >= 11 is 0. The molecule has 0 aromatic rings. The third kappa shape index (κ3) is 10.8. The SMILES string of the molecule is O=C(O)CCN(CCNCC(=O)O)CCC(=O)O. The zero-order valence-electron chi connectivity index (χ0n) is 9.96. The molecule has 0 spiro atoms. The first-order valence-electron chi connectivity index (χ1n) is 5.50. The van der Waals surface area contributed by atoms with Crippen LogP contribution in [0.2, 0.25) is 0 Å². The van der Waals surface area contributed by atoms with E-state index >= 15 is 0 Å². The first-order valence-corrected chi connectivity index (χ1v) is 5.50. The highest BCUT2D eigenvalue weighted by Gasteiger charge is 2.09. The minimum Gasteiger partial charge on any atom is -0.481 e. The van der Waals surface area contributed by atoms with Crippen molar-refractivity contribution in [3.05, 3.63) is 0 Å². The summed E-state index contributed by atoms with van der Waals surface area (Å²) in [5.74, 6) is -2.87. The van der Waals surface area contributed by atoms with Crippen molar-refractivity contribution in [2.75, 3.05) is 32.7 Å². The van der Waals surface area contributed by atoms with E-state index < -0.39 is 17.9 Å². The predicted molar refractivity (Wildman–Crippen MR) is 61.5 cm³/mol. The average Bonchev–Trinajstić information content (AvgIpc) is 2.25. The van der Waals surface area contributed by atoms with Gasteiger partial charge >= 0.3 is 17.9 Å². The van der Waals surface area contributed by atoms with Gasteiger partial charge in [-0.15, -0.1) is 0 Å². The maximum absolute atomic E-state index is 10.4. The van der Waals surface area contributed by atoms with E-state index in [0.29, 0.717) is 13.1 Å². The number of nitrogens with one attached hydrogen (secondary N) is 1. The lowest BCUT2D eigenvalue weighted by molar-refractivity contribution is -0.138. The molecular weight excluding hydrogens is 244 g/mol. The highest BCUT2D eigenvalue weighted by atomic mass is 16.4. The smallest absolute Gasteiger partial charge is 0.317 e. The molecule has 104 valence electrons. The second-order valence-corrected chi connectivity index (χ2v) is 3.70. The van der Waals surface area contributed by atoms with Crippen LogP contribution in [0.15, 0.2) is 0 Å². The third-order valence-electron chi connectivity index (χ3n) is 2.16. The van der Waals surface area contributed by atoms with Gasteiger partial charge < -0.3 is 25.5 Å². The van der Waals surface area contributed by atoms with Crippen molar-refractivity contribution >= 4 is 17.9 Å². The number of carbonyl (C=O) groups is 3. The molecule has 0 bridgehead atoms. The van der Waals surface area contributed by atoms with Crippen molar-refractivity contribution < 1.29 is 29.7 Å². The van der Waals surface area contributed by atoms with Gasteiger partial charge in [0.2, 0.25) is 0 Å². The van der Waals surface area contributed by atoms with E-state index in [1.165, 1.54) is 0 Å². The highest BCUT2D eigenvalue weighted by Crippen LogP contribution is 1.94. The van der Waals surface area contributed by atoms with Crippen molar-refractivity contribution in [3.8, 4) is 0 Å². The van der Waals surface area contributed by atoms with E-state index in [2.05, 4.69) is 5.32 Å². The molecule has 0 amide bonds. The molecular formula is C10H18N2O6. The van der Waals surface area contributed by atoms with Gasteiger partial charge in [0.05, 0.1) is 19.4 Å². The van der Waals surface area contributed by atoms with Gasteiger partial charge in [-0.25, -0.2) is 0 Å². The van der Waals surface area contributed by atoms with Crippen molar-refractivity contribution in [2.24, 2.45) is 0 Å². The van der Waals surface area contributed by atoms with Crippen LogP contribution in [0.5, 0.6) is 0 Å². The molecule has 0 unspecified atom stereocenters. The number of nitrogens with zero attached hydrogens (tertiary/aromatic N) is 1. The quantitative estimate of drug-likeness (QED) is 0.346. The second kappa shape index (κ2) is 9.37. The van der Waals surface area contributed by atoms with Gasteiger partial charge in [0.25, 0.3) is 0 Å². The van der Waals surface area contributed by atoms with Gasteiger partial charge in [-0.2, -0.15) is 0 Å². The van der Waals surface area contributed by atoms with Crippen molar-refractivity contribution in [1.29, 1.82) is 0 Å². The van der Waals surface area contributed by atoms with E-state index in [9.17, 15) is 14.4 Å². The van der Waals surface area contributed by atoms with Crippen molar-refractivity contribution in [2.45, 2.75) is 12.8 Å². The van der Waals surface area contributed by atoms with E-state index in [1.807, 2.05) is 0 Å². The van der Waals surface area contributed by atoms with Crippen LogP contribution in [0.25, 0.3) is 0 Å². The fraction of sp³-hybridized carbons (Fsp3) is 0.700. The summed E-state index contributed by atoms with van der Waals surface area (Å²) in [7, 11) is 0. The second-order valence-electron chi connectivity index (χ2n) is 3.70. The Kier molecular flexibility index (Phi) is 8.50. The summed E-state index contributed by atoms with van der Waals surface area (Å²) in [5.41, 5.74) is 0. The van der Waals surface area contributed by atoms with Crippen molar-refractivity contribution in [1.82, 2.24) is 10.2 Å². The van der Waals surface area contributed by atoms with Gasteiger partial charge in [0.1, 0.15) is 0 Å². The first kappa shape index (κ1) is 16.3. The molecule has 0 aromatic heterocycles. The predicted octanol–water partition coefficient (Wildman–Crippen LogP) is -1.09. The minimum atomic E-state index is -0.974. The van der Waals surface area contributed by atoms with E-state index in [-0.39, 0.29) is 32.5 Å². The van der Waals surface area contributed by atoms with Crippen LogP contribution < -0.4 is 5.32 Å². The molecule has 0 aliphatic carbocycles. The monoisotopic (exact) mass is 262 g/mol. The number of carboxylic acids is 3. The molecule has 8 nitrogen and oxygen atoms in total. The number of carboxylic acid groups (broad SMARTS) is 3. The molecule has 0 heterocycles. The summed E-state index contributed by atoms with van der Waals surface area (Å²) in [4.78, 5) is 32.8. The van der Waals surface area contributed by atoms with E-state index in [1.54, 1.807) is 4.90 Å². The largest absolute Gasteiger partial charge is 0.481 e. The minimum absolute atomic E-state index is 0.0709. The topological polar surface area (TPSA) is 127 Å². The molecule has 0 saturated heterocycles. The molecule has 8 heteroatoms. The molecule has 0 fully saturated rings. The molecule has 0 rings (SSSR count). The van der Waals surface area contributed by atoms with Gasteiger partial charge in [-0.3, -0.25) is 14.4 Å². The maximum atomic E-state index is 10.4. The first-order chi connectivity index (χ1) is 8.41. The lowest BCUT2D eigenvalue weighted by atomic mass is 10.3. The fourth-order valence-electron chi connectivity index (χ4n) is 1.28. The van der Waals surface area contributed by atoms with Crippen LogP contribution in [0.3, 0.4) is 0 Å².